The van der Waals surface area contributed by atoms with Crippen LogP contribution in [0.4, 0.5) is 0 Å². The first kappa shape index (κ1) is 14.9. The van der Waals surface area contributed by atoms with E-state index in [1.807, 2.05) is 11.9 Å². The third-order valence-electron chi connectivity index (χ3n) is 5.91. The maximum absolute atomic E-state index is 12.9. The van der Waals surface area contributed by atoms with Gasteiger partial charge in [0.25, 0.3) is 0 Å². The summed E-state index contributed by atoms with van der Waals surface area (Å²) in [5, 5.41) is 0. The summed E-state index contributed by atoms with van der Waals surface area (Å²) < 4.78 is 0. The van der Waals surface area contributed by atoms with Crippen LogP contribution in [0.15, 0.2) is 0 Å². The molecule has 21 heavy (non-hydrogen) atoms. The van der Waals surface area contributed by atoms with Gasteiger partial charge in [0.1, 0.15) is 0 Å². The van der Waals surface area contributed by atoms with Crippen molar-refractivity contribution >= 4 is 11.8 Å². The zero-order valence-corrected chi connectivity index (χ0v) is 13.8. The van der Waals surface area contributed by atoms with Gasteiger partial charge < -0.3 is 9.80 Å². The summed E-state index contributed by atoms with van der Waals surface area (Å²) in [6.45, 7) is 7.52. The number of nitrogens with zero attached hydrogens (tertiary/aromatic N) is 2. The molecule has 0 N–H and O–H groups in total. The molecule has 1 saturated carbocycles. The fourth-order valence-electron chi connectivity index (χ4n) is 4.21. The van der Waals surface area contributed by atoms with E-state index >= 15 is 0 Å². The summed E-state index contributed by atoms with van der Waals surface area (Å²) in [5.74, 6) is 1.39. The highest BCUT2D eigenvalue weighted by Gasteiger charge is 2.48. The van der Waals surface area contributed by atoms with Gasteiger partial charge in [0.15, 0.2) is 0 Å². The summed E-state index contributed by atoms with van der Waals surface area (Å²) in [6, 6.07) is 0.418. The summed E-state index contributed by atoms with van der Waals surface area (Å²) >= 11 is 0. The zero-order chi connectivity index (χ0) is 15.4. The van der Waals surface area contributed by atoms with E-state index in [-0.39, 0.29) is 23.9 Å². The first-order valence-corrected chi connectivity index (χ1v) is 8.33. The van der Waals surface area contributed by atoms with Crippen LogP contribution >= 0.6 is 0 Å². The number of hydrogen-bond donors (Lipinski definition) is 0. The zero-order valence-electron chi connectivity index (χ0n) is 13.8. The summed E-state index contributed by atoms with van der Waals surface area (Å²) in [7, 11) is 1.87. The van der Waals surface area contributed by atoms with Crippen LogP contribution in [0.2, 0.25) is 0 Å². The summed E-state index contributed by atoms with van der Waals surface area (Å²) in [4.78, 5) is 28.8. The molecular formula is C17H28N2O2. The highest BCUT2D eigenvalue weighted by Crippen LogP contribution is 2.47. The number of likely N-dealkylation sites (tertiary alicyclic amines) is 1. The third-order valence-corrected chi connectivity index (χ3v) is 5.91. The average Bonchev–Trinajstić information content (AvgIpc) is 2.61. The second-order valence-corrected chi connectivity index (χ2v) is 8.34. The van der Waals surface area contributed by atoms with Gasteiger partial charge in [-0.2, -0.15) is 0 Å². The van der Waals surface area contributed by atoms with Crippen molar-refractivity contribution in [3.05, 3.63) is 0 Å². The maximum atomic E-state index is 12.9. The molecule has 118 valence electrons. The number of fused-ring (bicyclic) bond motifs is 2. The van der Waals surface area contributed by atoms with Gasteiger partial charge in [-0.25, -0.2) is 0 Å². The van der Waals surface area contributed by atoms with Crippen molar-refractivity contribution in [2.75, 3.05) is 13.6 Å². The van der Waals surface area contributed by atoms with Crippen molar-refractivity contribution in [1.29, 1.82) is 0 Å². The first-order chi connectivity index (χ1) is 9.77. The van der Waals surface area contributed by atoms with Crippen molar-refractivity contribution in [2.24, 2.45) is 17.3 Å². The number of amides is 2. The molecule has 2 amide bonds. The van der Waals surface area contributed by atoms with Gasteiger partial charge in [-0.15, -0.1) is 0 Å². The molecule has 0 radical (unpaired) electrons. The van der Waals surface area contributed by atoms with Crippen LogP contribution in [0.5, 0.6) is 0 Å². The minimum Gasteiger partial charge on any atom is -0.344 e. The smallest absolute Gasteiger partial charge is 0.226 e. The first-order valence-electron chi connectivity index (χ1n) is 8.33. The van der Waals surface area contributed by atoms with Crippen molar-refractivity contribution in [3.8, 4) is 0 Å². The molecule has 3 aliphatic rings. The average molecular weight is 292 g/mol. The van der Waals surface area contributed by atoms with E-state index in [0.29, 0.717) is 23.7 Å². The van der Waals surface area contributed by atoms with Gasteiger partial charge in [0.2, 0.25) is 11.8 Å². The van der Waals surface area contributed by atoms with Gasteiger partial charge in [0.05, 0.1) is 0 Å². The van der Waals surface area contributed by atoms with Gasteiger partial charge in [0, 0.05) is 38.0 Å². The van der Waals surface area contributed by atoms with Crippen molar-refractivity contribution in [3.63, 3.8) is 0 Å². The fraction of sp³-hybridized carbons (Fsp3) is 0.882. The van der Waals surface area contributed by atoms with Crippen LogP contribution in [-0.4, -0.2) is 47.3 Å². The van der Waals surface area contributed by atoms with E-state index in [2.05, 4.69) is 25.7 Å². The summed E-state index contributed by atoms with van der Waals surface area (Å²) in [6.07, 6.45) is 4.65. The number of rotatable bonds is 1. The number of carbonyl (C=O) groups is 2. The molecule has 2 bridgehead atoms. The SMILES string of the molecule is CN1CC2CC[C@H](CC1=O)N2C(=O)C1CC(C(C)(C)C)C1. The molecule has 0 aromatic carbocycles. The lowest BCUT2D eigenvalue weighted by atomic mass is 9.62. The lowest BCUT2D eigenvalue weighted by Crippen LogP contribution is -2.50. The minimum atomic E-state index is 0.161. The normalized spacial score (nSPS) is 36.5. The molecule has 2 atom stereocenters. The lowest BCUT2D eigenvalue weighted by molar-refractivity contribution is -0.144. The number of likely N-dealkylation sites (N-methyl/N-ethyl adjacent to an activating group) is 1. The van der Waals surface area contributed by atoms with E-state index in [1.165, 1.54) is 0 Å². The van der Waals surface area contributed by atoms with E-state index in [1.54, 1.807) is 0 Å². The maximum Gasteiger partial charge on any atom is 0.226 e. The van der Waals surface area contributed by atoms with Crippen molar-refractivity contribution < 1.29 is 9.59 Å². The molecule has 0 aromatic heterocycles. The van der Waals surface area contributed by atoms with Gasteiger partial charge in [-0.05, 0) is 37.0 Å². The van der Waals surface area contributed by atoms with E-state index in [9.17, 15) is 9.59 Å². The fourth-order valence-corrected chi connectivity index (χ4v) is 4.21. The van der Waals surface area contributed by atoms with Crippen LogP contribution in [0.25, 0.3) is 0 Å². The molecule has 1 aliphatic carbocycles. The highest BCUT2D eigenvalue weighted by molar-refractivity contribution is 5.83. The molecule has 3 fully saturated rings. The Morgan fingerprint density at radius 3 is 2.38 bits per heavy atom. The second kappa shape index (κ2) is 4.99. The Kier molecular flexibility index (Phi) is 3.53. The molecule has 4 nitrogen and oxygen atoms in total. The lowest BCUT2D eigenvalue weighted by Gasteiger charge is -2.45. The molecule has 0 aromatic rings. The van der Waals surface area contributed by atoms with Crippen LogP contribution in [0.1, 0.15) is 52.9 Å². The minimum absolute atomic E-state index is 0.161. The Hall–Kier alpha value is -1.06. The number of hydrogen-bond acceptors (Lipinski definition) is 2. The topological polar surface area (TPSA) is 40.6 Å². The Bertz CT molecular complexity index is 448. The van der Waals surface area contributed by atoms with Crippen LogP contribution < -0.4 is 0 Å². The predicted octanol–water partition coefficient (Wildman–Crippen LogP) is 2.28. The van der Waals surface area contributed by atoms with Crippen LogP contribution in [0.3, 0.4) is 0 Å². The van der Waals surface area contributed by atoms with Crippen LogP contribution in [-0.2, 0) is 9.59 Å². The Morgan fingerprint density at radius 1 is 1.14 bits per heavy atom. The number of carbonyl (C=O) groups excluding carboxylic acids is 2. The molecule has 2 saturated heterocycles. The second-order valence-electron chi connectivity index (χ2n) is 8.34. The van der Waals surface area contributed by atoms with Gasteiger partial charge in [-0.1, -0.05) is 20.8 Å². The highest BCUT2D eigenvalue weighted by atomic mass is 16.2. The molecule has 4 heteroatoms. The standard InChI is InChI=1S/C17H28N2O2/c1-17(2,3)12-7-11(8-12)16(21)19-13-5-6-14(19)10-18(4)15(20)9-13/h11-14H,5-10H2,1-4H3/t11?,12?,13-,14?/m1/s1. The van der Waals surface area contributed by atoms with Crippen molar-refractivity contribution in [1.82, 2.24) is 9.80 Å². The molecule has 0 spiro atoms. The molecule has 3 rings (SSSR count). The molecule has 1 unspecified atom stereocenters. The van der Waals surface area contributed by atoms with Gasteiger partial charge in [-0.3, -0.25) is 9.59 Å². The predicted molar refractivity (Wildman–Crippen MR) is 81.6 cm³/mol. The monoisotopic (exact) mass is 292 g/mol. The van der Waals surface area contributed by atoms with Gasteiger partial charge >= 0.3 is 0 Å². The molecular weight excluding hydrogens is 264 g/mol. The molecule has 2 aliphatic heterocycles. The Balaban J connectivity index is 1.67. The summed E-state index contributed by atoms with van der Waals surface area (Å²) in [5.41, 5.74) is 0.310. The van der Waals surface area contributed by atoms with Crippen molar-refractivity contribution in [2.45, 2.75) is 65.0 Å². The van der Waals surface area contributed by atoms with E-state index in [4.69, 9.17) is 0 Å². The van der Waals surface area contributed by atoms with E-state index < -0.39 is 0 Å². The van der Waals surface area contributed by atoms with Crippen LogP contribution in [0, 0.1) is 17.3 Å². The Labute approximate surface area is 127 Å². The Morgan fingerprint density at radius 2 is 1.76 bits per heavy atom. The third kappa shape index (κ3) is 2.58. The quantitative estimate of drug-likeness (QED) is 0.744. The van der Waals surface area contributed by atoms with E-state index in [0.717, 1.165) is 32.2 Å². The largest absolute Gasteiger partial charge is 0.344 e. The molecule has 2 heterocycles.